The summed E-state index contributed by atoms with van der Waals surface area (Å²) in [6.45, 7) is 15.3. The average Bonchev–Trinajstić information content (AvgIpc) is 2.42. The second-order valence-corrected chi connectivity index (χ2v) is 3.68. The molecule has 0 aliphatic heterocycles. The Hall–Kier alpha value is -1.63. The van der Waals surface area contributed by atoms with Gasteiger partial charge in [0, 0.05) is 0 Å². The number of carbonyl (C=O) groups is 1. The highest BCUT2D eigenvalue weighted by Gasteiger charge is 2.04. The second-order valence-electron chi connectivity index (χ2n) is 3.68. The van der Waals surface area contributed by atoms with E-state index in [9.17, 15) is 4.79 Å². The maximum Gasteiger partial charge on any atom is 0.155 e. The van der Waals surface area contributed by atoms with Gasteiger partial charge in [0.2, 0.25) is 0 Å². The van der Waals surface area contributed by atoms with Gasteiger partial charge in [-0.05, 0) is 50.0 Å². The molecule has 1 heteroatoms. The standard InChI is InChI=1S/C16H22O.C2H6/c1-6-10-14(8-3)16(11-7-2)12-15(9-4)13(5)17;1-2/h6-8,10-12H,2,9H2,1,3-5H3;1-2H3/b10-6-,14-8-,15-12+,16-11-;. The minimum atomic E-state index is 0.124. The highest BCUT2D eigenvalue weighted by atomic mass is 16.1. The summed E-state index contributed by atoms with van der Waals surface area (Å²) in [7, 11) is 0. The molecule has 0 spiro atoms. The molecule has 0 heterocycles. The Bertz CT molecular complexity index is 390. The molecule has 0 radical (unpaired) electrons. The fraction of sp³-hybridized carbons (Fsp3) is 0.389. The first kappa shape index (κ1) is 19.7. The van der Waals surface area contributed by atoms with Crippen molar-refractivity contribution < 1.29 is 4.79 Å². The molecule has 0 aliphatic carbocycles. The van der Waals surface area contributed by atoms with Gasteiger partial charge in [-0.2, -0.15) is 0 Å². The third kappa shape index (κ3) is 8.15. The van der Waals surface area contributed by atoms with Gasteiger partial charge in [0.05, 0.1) is 0 Å². The Morgan fingerprint density at radius 3 is 2.05 bits per heavy atom. The molecule has 0 aromatic heterocycles. The van der Waals surface area contributed by atoms with Crippen molar-refractivity contribution in [2.45, 2.75) is 48.0 Å². The fourth-order valence-electron chi connectivity index (χ4n) is 1.53. The topological polar surface area (TPSA) is 17.1 Å². The molecule has 0 aromatic rings. The van der Waals surface area contributed by atoms with E-state index >= 15 is 0 Å². The van der Waals surface area contributed by atoms with Gasteiger partial charge in [-0.1, -0.05) is 57.7 Å². The summed E-state index contributed by atoms with van der Waals surface area (Å²) < 4.78 is 0. The Morgan fingerprint density at radius 2 is 1.74 bits per heavy atom. The Morgan fingerprint density at radius 1 is 1.16 bits per heavy atom. The largest absolute Gasteiger partial charge is 0.295 e. The van der Waals surface area contributed by atoms with Crippen LogP contribution in [0.3, 0.4) is 0 Å². The fourth-order valence-corrected chi connectivity index (χ4v) is 1.53. The summed E-state index contributed by atoms with van der Waals surface area (Å²) in [5.41, 5.74) is 2.95. The molecule has 0 aromatic carbocycles. The SMILES string of the molecule is C=C/C=C(/C=C(\CC)C(C)=O)C(\C=C/C)=C/C.CC. The van der Waals surface area contributed by atoms with E-state index < -0.39 is 0 Å². The van der Waals surface area contributed by atoms with Crippen LogP contribution in [-0.4, -0.2) is 5.78 Å². The molecule has 0 saturated carbocycles. The van der Waals surface area contributed by atoms with Crippen LogP contribution in [0.1, 0.15) is 48.0 Å². The van der Waals surface area contributed by atoms with E-state index in [1.807, 2.05) is 65.0 Å². The molecule has 0 fully saturated rings. The predicted octanol–water partition coefficient (Wildman–Crippen LogP) is 5.57. The molecule has 19 heavy (non-hydrogen) atoms. The normalized spacial score (nSPS) is 13.1. The number of hydrogen-bond acceptors (Lipinski definition) is 1. The predicted molar refractivity (Wildman–Crippen MR) is 87.3 cm³/mol. The Labute approximate surface area is 119 Å². The lowest BCUT2D eigenvalue weighted by Crippen LogP contribution is -1.96. The molecule has 0 atom stereocenters. The molecule has 106 valence electrons. The number of rotatable bonds is 6. The lowest BCUT2D eigenvalue weighted by Gasteiger charge is -2.05. The Kier molecular flexibility index (Phi) is 13.3. The van der Waals surface area contributed by atoms with Crippen LogP contribution in [0.25, 0.3) is 0 Å². The van der Waals surface area contributed by atoms with E-state index in [1.165, 1.54) is 0 Å². The number of hydrogen-bond donors (Lipinski definition) is 0. The van der Waals surface area contributed by atoms with Crippen molar-refractivity contribution in [1.82, 2.24) is 0 Å². The van der Waals surface area contributed by atoms with Crippen LogP contribution in [-0.2, 0) is 4.79 Å². The van der Waals surface area contributed by atoms with Gasteiger partial charge in [0.25, 0.3) is 0 Å². The van der Waals surface area contributed by atoms with Crippen LogP contribution in [0.4, 0.5) is 0 Å². The monoisotopic (exact) mass is 260 g/mol. The smallest absolute Gasteiger partial charge is 0.155 e. The van der Waals surface area contributed by atoms with Crippen LogP contribution >= 0.6 is 0 Å². The van der Waals surface area contributed by atoms with E-state index in [-0.39, 0.29) is 5.78 Å². The summed E-state index contributed by atoms with van der Waals surface area (Å²) in [5, 5.41) is 0. The summed E-state index contributed by atoms with van der Waals surface area (Å²) in [6.07, 6.45) is 12.4. The quantitative estimate of drug-likeness (QED) is 0.450. The maximum atomic E-state index is 11.4. The van der Waals surface area contributed by atoms with Gasteiger partial charge in [-0.25, -0.2) is 0 Å². The first-order valence-corrected chi connectivity index (χ1v) is 6.94. The minimum absolute atomic E-state index is 0.124. The summed E-state index contributed by atoms with van der Waals surface area (Å²) in [6, 6.07) is 0. The van der Waals surface area contributed by atoms with E-state index in [2.05, 4.69) is 6.58 Å². The van der Waals surface area contributed by atoms with Gasteiger partial charge in [-0.15, -0.1) is 0 Å². The van der Waals surface area contributed by atoms with Gasteiger partial charge >= 0.3 is 0 Å². The van der Waals surface area contributed by atoms with E-state index in [1.54, 1.807) is 13.0 Å². The molecule has 0 unspecified atom stereocenters. The summed E-state index contributed by atoms with van der Waals surface area (Å²) >= 11 is 0. The van der Waals surface area contributed by atoms with Gasteiger partial charge in [0.1, 0.15) is 0 Å². The van der Waals surface area contributed by atoms with E-state index in [0.717, 1.165) is 23.1 Å². The first-order chi connectivity index (χ1) is 9.10. The molecule has 0 aliphatic rings. The lowest BCUT2D eigenvalue weighted by atomic mass is 9.99. The van der Waals surface area contributed by atoms with E-state index in [4.69, 9.17) is 0 Å². The molecule has 0 amide bonds. The maximum absolute atomic E-state index is 11.4. The third-order valence-corrected chi connectivity index (χ3v) is 2.45. The zero-order valence-electron chi connectivity index (χ0n) is 13.3. The number of ketones is 1. The highest BCUT2D eigenvalue weighted by Crippen LogP contribution is 2.17. The van der Waals surface area contributed by atoms with Crippen molar-refractivity contribution in [3.8, 4) is 0 Å². The van der Waals surface area contributed by atoms with Crippen LogP contribution < -0.4 is 0 Å². The third-order valence-electron chi connectivity index (χ3n) is 2.45. The minimum Gasteiger partial charge on any atom is -0.295 e. The molecular formula is C18H28O. The summed E-state index contributed by atoms with van der Waals surface area (Å²) in [4.78, 5) is 11.4. The highest BCUT2D eigenvalue weighted by molar-refractivity contribution is 5.93. The van der Waals surface area contributed by atoms with Crippen molar-refractivity contribution in [1.29, 1.82) is 0 Å². The summed E-state index contributed by atoms with van der Waals surface area (Å²) in [5.74, 6) is 0.124. The van der Waals surface area contributed by atoms with Crippen LogP contribution in [0.2, 0.25) is 0 Å². The van der Waals surface area contributed by atoms with Crippen LogP contribution in [0.5, 0.6) is 0 Å². The second kappa shape index (κ2) is 12.8. The average molecular weight is 260 g/mol. The Balaban J connectivity index is 0. The van der Waals surface area contributed by atoms with Gasteiger partial charge in [-0.3, -0.25) is 4.79 Å². The lowest BCUT2D eigenvalue weighted by molar-refractivity contribution is -0.113. The molecule has 1 nitrogen and oxygen atoms in total. The zero-order valence-corrected chi connectivity index (χ0v) is 13.3. The van der Waals surface area contributed by atoms with E-state index in [0.29, 0.717) is 0 Å². The number of allylic oxidation sites excluding steroid dienone is 9. The van der Waals surface area contributed by atoms with Crippen molar-refractivity contribution in [3.63, 3.8) is 0 Å². The van der Waals surface area contributed by atoms with Crippen molar-refractivity contribution in [3.05, 3.63) is 59.8 Å². The van der Waals surface area contributed by atoms with Gasteiger partial charge in [0.15, 0.2) is 5.78 Å². The number of Topliss-reactive ketones (excluding diaryl/α,β-unsaturated/α-hetero) is 1. The first-order valence-electron chi connectivity index (χ1n) is 6.94. The van der Waals surface area contributed by atoms with Crippen LogP contribution in [0, 0.1) is 0 Å². The zero-order chi connectivity index (χ0) is 15.3. The molecule has 0 bridgehead atoms. The molecule has 0 N–H and O–H groups in total. The molecule has 0 rings (SSSR count). The van der Waals surface area contributed by atoms with Crippen LogP contribution in [0.15, 0.2) is 59.8 Å². The molecule has 0 saturated heterocycles. The van der Waals surface area contributed by atoms with Gasteiger partial charge < -0.3 is 0 Å². The van der Waals surface area contributed by atoms with Crippen molar-refractivity contribution >= 4 is 5.78 Å². The van der Waals surface area contributed by atoms with Crippen molar-refractivity contribution in [2.24, 2.45) is 0 Å². The number of carbonyl (C=O) groups excluding carboxylic acids is 1. The molecular weight excluding hydrogens is 232 g/mol. The van der Waals surface area contributed by atoms with Crippen molar-refractivity contribution in [2.75, 3.05) is 0 Å².